The van der Waals surface area contributed by atoms with E-state index in [1.54, 1.807) is 0 Å². The highest BCUT2D eigenvalue weighted by Gasteiger charge is 2.15. The molecule has 140 valence electrons. The Morgan fingerprint density at radius 1 is 0.929 bits per heavy atom. The summed E-state index contributed by atoms with van der Waals surface area (Å²) in [5, 5.41) is 8.91. The molecule has 5 rings (SSSR count). The molecule has 3 heterocycles. The first-order chi connectivity index (χ1) is 13.6. The molecule has 0 atom stereocenters. The van der Waals surface area contributed by atoms with Crippen molar-refractivity contribution in [3.63, 3.8) is 0 Å². The zero-order valence-corrected chi connectivity index (χ0v) is 15.5. The van der Waals surface area contributed by atoms with E-state index in [2.05, 4.69) is 36.2 Å². The number of benzene rings is 2. The van der Waals surface area contributed by atoms with E-state index in [9.17, 15) is 4.79 Å². The van der Waals surface area contributed by atoms with E-state index >= 15 is 0 Å². The zero-order valence-electron chi connectivity index (χ0n) is 15.5. The second-order valence-corrected chi connectivity index (χ2v) is 6.92. The van der Waals surface area contributed by atoms with Gasteiger partial charge >= 0.3 is 5.69 Å². The van der Waals surface area contributed by atoms with Crippen molar-refractivity contribution in [2.24, 2.45) is 0 Å². The molecular weight excluding hydrogens is 356 g/mol. The molecule has 4 aromatic rings. The highest BCUT2D eigenvalue weighted by atomic mass is 16.7. The van der Waals surface area contributed by atoms with Crippen LogP contribution < -0.4 is 15.2 Å². The van der Waals surface area contributed by atoms with E-state index in [-0.39, 0.29) is 12.5 Å². The summed E-state index contributed by atoms with van der Waals surface area (Å²) in [6.07, 6.45) is 0. The molecule has 0 bridgehead atoms. The Bertz CT molecular complexity index is 1270. The van der Waals surface area contributed by atoms with Gasteiger partial charge in [-0.2, -0.15) is 9.61 Å². The lowest BCUT2D eigenvalue weighted by Crippen LogP contribution is -2.23. The van der Waals surface area contributed by atoms with Gasteiger partial charge in [-0.15, -0.1) is 5.10 Å². The number of aromatic nitrogens is 4. The van der Waals surface area contributed by atoms with Gasteiger partial charge in [-0.25, -0.2) is 9.48 Å². The van der Waals surface area contributed by atoms with Crippen molar-refractivity contribution < 1.29 is 9.47 Å². The maximum absolute atomic E-state index is 12.8. The van der Waals surface area contributed by atoms with Gasteiger partial charge in [0.25, 0.3) is 0 Å². The molecule has 1 aliphatic rings. The van der Waals surface area contributed by atoms with Gasteiger partial charge in [-0.05, 0) is 60.9 Å². The first kappa shape index (κ1) is 16.6. The summed E-state index contributed by atoms with van der Waals surface area (Å²) < 4.78 is 13.5. The second kappa shape index (κ2) is 6.23. The molecule has 2 aromatic heterocycles. The van der Waals surface area contributed by atoms with Crippen molar-refractivity contribution >= 4 is 5.65 Å². The summed E-state index contributed by atoms with van der Waals surface area (Å²) in [4.78, 5) is 12.8. The highest BCUT2D eigenvalue weighted by Crippen LogP contribution is 2.32. The molecule has 7 heteroatoms. The minimum atomic E-state index is -0.279. The van der Waals surface area contributed by atoms with E-state index in [1.807, 2.05) is 36.4 Å². The van der Waals surface area contributed by atoms with Crippen LogP contribution in [0.15, 0.2) is 53.3 Å². The molecule has 0 unspecified atom stereocenters. The number of rotatable bonds is 3. The predicted molar refractivity (Wildman–Crippen MR) is 104 cm³/mol. The van der Waals surface area contributed by atoms with Crippen molar-refractivity contribution in [2.45, 2.75) is 20.4 Å². The molecule has 0 N–H and O–H groups in total. The van der Waals surface area contributed by atoms with Gasteiger partial charge in [0.15, 0.2) is 17.1 Å². The Labute approximate surface area is 160 Å². The topological polar surface area (TPSA) is 70.7 Å². The van der Waals surface area contributed by atoms with E-state index < -0.39 is 0 Å². The Hall–Kier alpha value is -3.61. The minimum Gasteiger partial charge on any atom is -0.454 e. The first-order valence-corrected chi connectivity index (χ1v) is 9.01. The third kappa shape index (κ3) is 2.72. The van der Waals surface area contributed by atoms with E-state index in [1.165, 1.54) is 20.3 Å². The van der Waals surface area contributed by atoms with E-state index in [0.29, 0.717) is 23.7 Å². The average Bonchev–Trinajstić information content (AvgIpc) is 3.28. The minimum absolute atomic E-state index is 0.221. The fraction of sp³-hybridized carbons (Fsp3) is 0.190. The summed E-state index contributed by atoms with van der Waals surface area (Å²) in [6, 6.07) is 15.5. The number of aryl methyl sites for hydroxylation is 2. The monoisotopic (exact) mass is 374 g/mol. The molecule has 0 spiro atoms. The maximum atomic E-state index is 12.8. The molecule has 2 aromatic carbocycles. The van der Waals surface area contributed by atoms with Crippen LogP contribution in [0.2, 0.25) is 0 Å². The Morgan fingerprint density at radius 2 is 1.79 bits per heavy atom. The van der Waals surface area contributed by atoms with Gasteiger partial charge in [0.05, 0.1) is 12.2 Å². The molecule has 0 amide bonds. The lowest BCUT2D eigenvalue weighted by Gasteiger charge is -2.04. The van der Waals surface area contributed by atoms with Crippen LogP contribution in [-0.4, -0.2) is 26.2 Å². The smallest absolute Gasteiger partial charge is 0.367 e. The standard InChI is InChI=1S/C21H18N4O3/c1-13-3-5-16(9-14(13)2)17-6-8-20-23-24(21(26)25(20)22-17)11-15-4-7-18-19(10-15)28-12-27-18/h3-10H,11-12H2,1-2H3. The van der Waals surface area contributed by atoms with Gasteiger partial charge in [0, 0.05) is 5.56 Å². The van der Waals surface area contributed by atoms with Crippen LogP contribution in [0.5, 0.6) is 11.5 Å². The van der Waals surface area contributed by atoms with E-state index in [0.717, 1.165) is 16.8 Å². The van der Waals surface area contributed by atoms with Crippen LogP contribution in [0.4, 0.5) is 0 Å². The Balaban J connectivity index is 1.52. The van der Waals surface area contributed by atoms with Crippen LogP contribution in [0.25, 0.3) is 16.9 Å². The molecule has 28 heavy (non-hydrogen) atoms. The van der Waals surface area contributed by atoms with Gasteiger partial charge in [-0.1, -0.05) is 18.2 Å². The molecule has 0 fully saturated rings. The molecule has 0 saturated heterocycles. The van der Waals surface area contributed by atoms with Gasteiger partial charge in [0.2, 0.25) is 6.79 Å². The number of fused-ring (bicyclic) bond motifs is 2. The third-order valence-electron chi connectivity index (χ3n) is 5.01. The Morgan fingerprint density at radius 3 is 2.64 bits per heavy atom. The van der Waals surface area contributed by atoms with Crippen molar-refractivity contribution in [3.05, 3.63) is 75.7 Å². The SMILES string of the molecule is Cc1ccc(-c2ccc3nn(Cc4ccc5c(c4)OCO5)c(=O)n3n2)cc1C. The molecule has 0 saturated carbocycles. The number of hydrogen-bond donors (Lipinski definition) is 0. The first-order valence-electron chi connectivity index (χ1n) is 9.01. The summed E-state index contributed by atoms with van der Waals surface area (Å²) in [5.41, 5.74) is 5.25. The van der Waals surface area contributed by atoms with Gasteiger partial charge in [-0.3, -0.25) is 0 Å². The maximum Gasteiger partial charge on any atom is 0.367 e. The van der Waals surface area contributed by atoms with Crippen molar-refractivity contribution in [2.75, 3.05) is 6.79 Å². The Kier molecular flexibility index (Phi) is 3.68. The second-order valence-electron chi connectivity index (χ2n) is 6.92. The quantitative estimate of drug-likeness (QED) is 0.551. The number of hydrogen-bond acceptors (Lipinski definition) is 5. The van der Waals surface area contributed by atoms with Gasteiger partial charge in [0.1, 0.15) is 0 Å². The van der Waals surface area contributed by atoms with Crippen LogP contribution >= 0.6 is 0 Å². The van der Waals surface area contributed by atoms with Gasteiger partial charge < -0.3 is 9.47 Å². The fourth-order valence-corrected chi connectivity index (χ4v) is 3.28. The summed E-state index contributed by atoms with van der Waals surface area (Å²) in [5.74, 6) is 1.40. The van der Waals surface area contributed by atoms with Crippen molar-refractivity contribution in [1.29, 1.82) is 0 Å². The summed E-state index contributed by atoms with van der Waals surface area (Å²) in [7, 11) is 0. The van der Waals surface area contributed by atoms with E-state index in [4.69, 9.17) is 9.47 Å². The highest BCUT2D eigenvalue weighted by molar-refractivity contribution is 5.61. The van der Waals surface area contributed by atoms with Crippen molar-refractivity contribution in [3.8, 4) is 22.8 Å². The third-order valence-corrected chi connectivity index (χ3v) is 5.01. The number of ether oxygens (including phenoxy) is 2. The lowest BCUT2D eigenvalue weighted by molar-refractivity contribution is 0.174. The van der Waals surface area contributed by atoms with Crippen LogP contribution in [0.1, 0.15) is 16.7 Å². The molecule has 7 nitrogen and oxygen atoms in total. The normalized spacial score (nSPS) is 12.6. The largest absolute Gasteiger partial charge is 0.454 e. The lowest BCUT2D eigenvalue weighted by atomic mass is 10.0. The van der Waals surface area contributed by atoms with Crippen LogP contribution in [-0.2, 0) is 6.54 Å². The van der Waals surface area contributed by atoms with Crippen LogP contribution in [0.3, 0.4) is 0 Å². The predicted octanol–water partition coefficient (Wildman–Crippen LogP) is 2.95. The average molecular weight is 374 g/mol. The summed E-state index contributed by atoms with van der Waals surface area (Å²) in [6.45, 7) is 4.68. The fourth-order valence-electron chi connectivity index (χ4n) is 3.28. The molecule has 1 aliphatic heterocycles. The molecule has 0 radical (unpaired) electrons. The molecular formula is C21H18N4O3. The summed E-state index contributed by atoms with van der Waals surface area (Å²) >= 11 is 0. The molecule has 0 aliphatic carbocycles. The van der Waals surface area contributed by atoms with Crippen LogP contribution in [0, 0.1) is 13.8 Å². The van der Waals surface area contributed by atoms with Crippen molar-refractivity contribution in [1.82, 2.24) is 19.4 Å². The zero-order chi connectivity index (χ0) is 19.3. The number of nitrogens with zero attached hydrogens (tertiary/aromatic N) is 4.